The van der Waals surface area contributed by atoms with Crippen molar-refractivity contribution < 1.29 is 26.7 Å². The van der Waals surface area contributed by atoms with E-state index in [4.69, 9.17) is 0 Å². The molecule has 1 heterocycles. The molecule has 0 aromatic heterocycles. The number of hydrogen-bond acceptors (Lipinski definition) is 2. The van der Waals surface area contributed by atoms with Gasteiger partial charge in [-0.3, -0.25) is 4.79 Å². The number of nitrogens with one attached hydrogen (secondary N) is 2. The van der Waals surface area contributed by atoms with Crippen LogP contribution < -0.4 is 10.6 Å². The maximum absolute atomic E-state index is 13.4. The third-order valence-corrected chi connectivity index (χ3v) is 3.39. The lowest BCUT2D eigenvalue weighted by Crippen LogP contribution is -2.48. The first-order chi connectivity index (χ1) is 9.34. The molecule has 0 spiro atoms. The summed E-state index contributed by atoms with van der Waals surface area (Å²) in [5.41, 5.74) is -1.31. The van der Waals surface area contributed by atoms with Gasteiger partial charge in [0.2, 0.25) is 11.7 Å². The highest BCUT2D eigenvalue weighted by atomic mass is 19.2. The van der Waals surface area contributed by atoms with Crippen LogP contribution in [0.5, 0.6) is 0 Å². The van der Waals surface area contributed by atoms with Gasteiger partial charge in [-0.1, -0.05) is 6.92 Å². The van der Waals surface area contributed by atoms with Crippen LogP contribution in [0.1, 0.15) is 6.92 Å². The molecule has 2 rings (SSSR count). The number of amides is 1. The SMILES string of the molecule is CC(C(=O)Nc1c(F)c(F)c(F)c(F)c1F)C1CNC1. The Labute approximate surface area is 111 Å². The molecule has 1 unspecified atom stereocenters. The van der Waals surface area contributed by atoms with Gasteiger partial charge in [-0.25, -0.2) is 22.0 Å². The van der Waals surface area contributed by atoms with Gasteiger partial charge in [0.25, 0.3) is 0 Å². The zero-order valence-corrected chi connectivity index (χ0v) is 10.4. The van der Waals surface area contributed by atoms with E-state index in [1.165, 1.54) is 6.92 Å². The first kappa shape index (κ1) is 14.7. The van der Waals surface area contributed by atoms with Crippen molar-refractivity contribution in [3.05, 3.63) is 29.1 Å². The summed E-state index contributed by atoms with van der Waals surface area (Å²) >= 11 is 0. The largest absolute Gasteiger partial charge is 0.321 e. The summed E-state index contributed by atoms with van der Waals surface area (Å²) in [6, 6.07) is 0. The molecular formula is C12H11F5N2O. The highest BCUT2D eigenvalue weighted by Crippen LogP contribution is 2.28. The van der Waals surface area contributed by atoms with Crippen LogP contribution in [0.3, 0.4) is 0 Å². The Kier molecular flexibility index (Phi) is 3.94. The smallest absolute Gasteiger partial charge is 0.227 e. The summed E-state index contributed by atoms with van der Waals surface area (Å²) in [6.07, 6.45) is 0. The normalized spacial score (nSPS) is 16.7. The van der Waals surface area contributed by atoms with Gasteiger partial charge in [0.05, 0.1) is 0 Å². The molecule has 20 heavy (non-hydrogen) atoms. The number of halogens is 5. The number of carbonyl (C=O) groups is 1. The van der Waals surface area contributed by atoms with E-state index in [2.05, 4.69) is 5.32 Å². The standard InChI is InChI=1S/C12H11F5N2O/c1-4(5-2-18-3-5)12(20)19-11-9(16)7(14)6(13)8(15)10(11)17/h4-5,18H,2-3H2,1H3,(H,19,20). The molecule has 1 aromatic rings. The van der Waals surface area contributed by atoms with Crippen molar-refractivity contribution in [3.63, 3.8) is 0 Å². The van der Waals surface area contributed by atoms with E-state index in [9.17, 15) is 26.7 Å². The highest BCUT2D eigenvalue weighted by molar-refractivity contribution is 5.92. The Morgan fingerprint density at radius 2 is 1.50 bits per heavy atom. The second-order valence-corrected chi connectivity index (χ2v) is 4.64. The van der Waals surface area contributed by atoms with Gasteiger partial charge >= 0.3 is 0 Å². The van der Waals surface area contributed by atoms with Gasteiger partial charge in [-0.2, -0.15) is 0 Å². The number of hydrogen-bond donors (Lipinski definition) is 2. The summed E-state index contributed by atoms with van der Waals surface area (Å²) in [4.78, 5) is 11.7. The number of carbonyl (C=O) groups excluding carboxylic acids is 1. The molecule has 0 aliphatic carbocycles. The van der Waals surface area contributed by atoms with E-state index in [0.717, 1.165) is 0 Å². The van der Waals surface area contributed by atoms with Gasteiger partial charge < -0.3 is 10.6 Å². The van der Waals surface area contributed by atoms with E-state index in [0.29, 0.717) is 13.1 Å². The van der Waals surface area contributed by atoms with Crippen LogP contribution in [0.2, 0.25) is 0 Å². The molecular weight excluding hydrogens is 283 g/mol. The molecule has 0 bridgehead atoms. The quantitative estimate of drug-likeness (QED) is 0.510. The predicted molar refractivity (Wildman–Crippen MR) is 60.4 cm³/mol. The average Bonchev–Trinajstić information content (AvgIpc) is 2.36. The van der Waals surface area contributed by atoms with E-state index >= 15 is 0 Å². The summed E-state index contributed by atoms with van der Waals surface area (Å²) in [5, 5.41) is 4.68. The van der Waals surface area contributed by atoms with Crippen molar-refractivity contribution in [1.82, 2.24) is 5.32 Å². The van der Waals surface area contributed by atoms with E-state index in [-0.39, 0.29) is 5.92 Å². The van der Waals surface area contributed by atoms with E-state index in [1.807, 2.05) is 0 Å². The fraction of sp³-hybridized carbons (Fsp3) is 0.417. The summed E-state index contributed by atoms with van der Waals surface area (Å²) in [5.74, 6) is -12.0. The molecule has 1 aromatic carbocycles. The van der Waals surface area contributed by atoms with Crippen LogP contribution in [0.25, 0.3) is 0 Å². The highest BCUT2D eigenvalue weighted by Gasteiger charge is 2.32. The molecule has 1 fully saturated rings. The van der Waals surface area contributed by atoms with Crippen molar-refractivity contribution in [2.24, 2.45) is 11.8 Å². The van der Waals surface area contributed by atoms with Gasteiger partial charge in [-0.15, -0.1) is 0 Å². The zero-order valence-electron chi connectivity index (χ0n) is 10.4. The maximum atomic E-state index is 13.4. The minimum atomic E-state index is -2.26. The molecule has 1 atom stereocenters. The number of rotatable bonds is 3. The Morgan fingerprint density at radius 3 is 1.90 bits per heavy atom. The van der Waals surface area contributed by atoms with Crippen LogP contribution in [0.15, 0.2) is 0 Å². The van der Waals surface area contributed by atoms with Crippen LogP contribution in [-0.4, -0.2) is 19.0 Å². The Balaban J connectivity index is 2.27. The lowest BCUT2D eigenvalue weighted by Gasteiger charge is -2.31. The van der Waals surface area contributed by atoms with Gasteiger partial charge in [0.1, 0.15) is 5.69 Å². The first-order valence-corrected chi connectivity index (χ1v) is 5.87. The molecule has 1 saturated heterocycles. The first-order valence-electron chi connectivity index (χ1n) is 5.87. The van der Waals surface area contributed by atoms with Crippen LogP contribution in [0.4, 0.5) is 27.6 Å². The lowest BCUT2D eigenvalue weighted by atomic mass is 9.88. The Morgan fingerprint density at radius 1 is 1.05 bits per heavy atom. The molecule has 1 aliphatic heterocycles. The second kappa shape index (κ2) is 5.35. The second-order valence-electron chi connectivity index (χ2n) is 4.64. The van der Waals surface area contributed by atoms with Crippen molar-refractivity contribution in [2.45, 2.75) is 6.92 Å². The summed E-state index contributed by atoms with van der Waals surface area (Å²) in [7, 11) is 0. The monoisotopic (exact) mass is 294 g/mol. The topological polar surface area (TPSA) is 41.1 Å². The predicted octanol–water partition coefficient (Wildman–Crippen LogP) is 2.18. The molecule has 0 radical (unpaired) electrons. The zero-order chi connectivity index (χ0) is 15.0. The summed E-state index contributed by atoms with van der Waals surface area (Å²) < 4.78 is 65.5. The van der Waals surface area contributed by atoms with Crippen molar-refractivity contribution in [1.29, 1.82) is 0 Å². The van der Waals surface area contributed by atoms with Crippen LogP contribution in [0, 0.1) is 40.9 Å². The van der Waals surface area contributed by atoms with Gasteiger partial charge in [0.15, 0.2) is 23.3 Å². The van der Waals surface area contributed by atoms with Crippen LogP contribution in [-0.2, 0) is 4.79 Å². The molecule has 1 amide bonds. The molecule has 0 saturated carbocycles. The molecule has 2 N–H and O–H groups in total. The van der Waals surface area contributed by atoms with Crippen LogP contribution >= 0.6 is 0 Å². The Hall–Kier alpha value is -1.70. The minimum absolute atomic E-state index is 0.0312. The average molecular weight is 294 g/mol. The number of benzene rings is 1. The van der Waals surface area contributed by atoms with Crippen molar-refractivity contribution in [3.8, 4) is 0 Å². The Bertz CT molecular complexity index is 530. The molecule has 110 valence electrons. The van der Waals surface area contributed by atoms with E-state index < -0.39 is 46.6 Å². The third kappa shape index (κ3) is 2.35. The van der Waals surface area contributed by atoms with Gasteiger partial charge in [-0.05, 0) is 19.0 Å². The fourth-order valence-electron chi connectivity index (χ4n) is 1.83. The summed E-state index contributed by atoms with van der Waals surface area (Å²) in [6.45, 7) is 2.64. The third-order valence-electron chi connectivity index (χ3n) is 3.39. The van der Waals surface area contributed by atoms with Crippen molar-refractivity contribution in [2.75, 3.05) is 18.4 Å². The molecule has 1 aliphatic rings. The van der Waals surface area contributed by atoms with E-state index in [1.54, 1.807) is 5.32 Å². The lowest BCUT2D eigenvalue weighted by molar-refractivity contribution is -0.121. The van der Waals surface area contributed by atoms with Crippen molar-refractivity contribution >= 4 is 11.6 Å². The number of anilines is 1. The fourth-order valence-corrected chi connectivity index (χ4v) is 1.83. The maximum Gasteiger partial charge on any atom is 0.227 e. The molecule has 8 heteroatoms. The minimum Gasteiger partial charge on any atom is -0.321 e. The molecule has 3 nitrogen and oxygen atoms in total. The van der Waals surface area contributed by atoms with Gasteiger partial charge in [0, 0.05) is 5.92 Å².